The molecule has 0 amide bonds. The Hall–Kier alpha value is -1.18. The molecule has 0 aliphatic rings. The van der Waals surface area contributed by atoms with Gasteiger partial charge in [0, 0.05) is 45.2 Å². The predicted molar refractivity (Wildman–Crippen MR) is 96.6 cm³/mol. The van der Waals surface area contributed by atoms with E-state index in [1.807, 2.05) is 0 Å². The van der Waals surface area contributed by atoms with Gasteiger partial charge in [-0.05, 0) is 19.8 Å². The number of nitrogens with zero attached hydrogens (tertiary/aromatic N) is 2. The molecule has 0 saturated heterocycles. The van der Waals surface area contributed by atoms with Gasteiger partial charge in [-0.1, -0.05) is 6.92 Å². The van der Waals surface area contributed by atoms with Gasteiger partial charge in [-0.3, -0.25) is 4.99 Å². The molecule has 1 aromatic rings. The van der Waals surface area contributed by atoms with E-state index in [1.165, 1.54) is 15.6 Å². The molecule has 2 N–H and O–H groups in total. The molecule has 0 aliphatic heterocycles. The quantitative estimate of drug-likeness (QED) is 0.364. The zero-order valence-corrected chi connectivity index (χ0v) is 15.6. The summed E-state index contributed by atoms with van der Waals surface area (Å²) in [6.07, 6.45) is 2.87. The van der Waals surface area contributed by atoms with Crippen LogP contribution in [0.1, 0.15) is 28.9 Å². The first kappa shape index (κ1) is 19.9. The molecule has 0 atom stereocenters. The van der Waals surface area contributed by atoms with Gasteiger partial charge < -0.3 is 20.1 Å². The fraction of sp³-hybridized carbons (Fsp3) is 0.750. The molecule has 0 radical (unpaired) electrons. The van der Waals surface area contributed by atoms with Crippen molar-refractivity contribution in [2.24, 2.45) is 4.99 Å². The smallest absolute Gasteiger partial charge is 0.190 e. The SMILES string of the molecule is CCc1nc(CCNC(=NC)NCCCOCCOC)sc1C. The van der Waals surface area contributed by atoms with Gasteiger partial charge in [0.1, 0.15) is 0 Å². The Morgan fingerprint density at radius 1 is 1.22 bits per heavy atom. The average Bonchev–Trinajstić information content (AvgIpc) is 2.92. The summed E-state index contributed by atoms with van der Waals surface area (Å²) in [6, 6.07) is 0. The second kappa shape index (κ2) is 12.3. The molecular formula is C16H30N4O2S. The number of rotatable bonds is 11. The molecule has 1 rings (SSSR count). The van der Waals surface area contributed by atoms with Gasteiger partial charge >= 0.3 is 0 Å². The summed E-state index contributed by atoms with van der Waals surface area (Å²) >= 11 is 1.79. The third kappa shape index (κ3) is 8.29. The Morgan fingerprint density at radius 2 is 2.00 bits per heavy atom. The number of nitrogens with one attached hydrogen (secondary N) is 2. The maximum absolute atomic E-state index is 5.42. The van der Waals surface area contributed by atoms with E-state index < -0.39 is 0 Å². The highest BCUT2D eigenvalue weighted by molar-refractivity contribution is 7.11. The van der Waals surface area contributed by atoms with Crippen LogP contribution in [0.4, 0.5) is 0 Å². The first-order valence-electron chi connectivity index (χ1n) is 8.17. The van der Waals surface area contributed by atoms with Crippen molar-refractivity contribution in [1.82, 2.24) is 15.6 Å². The predicted octanol–water partition coefficient (Wildman–Crippen LogP) is 1.77. The van der Waals surface area contributed by atoms with Gasteiger partial charge in [0.05, 0.1) is 23.9 Å². The van der Waals surface area contributed by atoms with Crippen molar-refractivity contribution in [2.45, 2.75) is 33.1 Å². The summed E-state index contributed by atoms with van der Waals surface area (Å²) in [5.74, 6) is 0.825. The number of methoxy groups -OCH3 is 1. The van der Waals surface area contributed by atoms with Crippen molar-refractivity contribution < 1.29 is 9.47 Å². The van der Waals surface area contributed by atoms with Gasteiger partial charge in [0.25, 0.3) is 0 Å². The normalized spacial score (nSPS) is 11.7. The van der Waals surface area contributed by atoms with Crippen LogP contribution in [-0.4, -0.2) is 58.0 Å². The number of hydrogen-bond acceptors (Lipinski definition) is 5. The van der Waals surface area contributed by atoms with Gasteiger partial charge in [0.2, 0.25) is 0 Å². The number of aryl methyl sites for hydroxylation is 2. The summed E-state index contributed by atoms with van der Waals surface area (Å²) in [6.45, 7) is 7.98. The minimum Gasteiger partial charge on any atom is -0.382 e. The van der Waals surface area contributed by atoms with Crippen LogP contribution < -0.4 is 10.6 Å². The number of thiazole rings is 1. The molecule has 132 valence electrons. The molecule has 23 heavy (non-hydrogen) atoms. The zero-order chi connectivity index (χ0) is 16.9. The summed E-state index contributed by atoms with van der Waals surface area (Å²) in [7, 11) is 3.46. The van der Waals surface area contributed by atoms with E-state index >= 15 is 0 Å². The number of aromatic nitrogens is 1. The van der Waals surface area contributed by atoms with E-state index in [0.29, 0.717) is 13.2 Å². The third-order valence-electron chi connectivity index (χ3n) is 3.32. The summed E-state index contributed by atoms with van der Waals surface area (Å²) < 4.78 is 10.3. The molecular weight excluding hydrogens is 312 g/mol. The summed E-state index contributed by atoms with van der Waals surface area (Å²) in [5, 5.41) is 7.79. The number of aliphatic imine (C=N–C) groups is 1. The summed E-state index contributed by atoms with van der Waals surface area (Å²) in [5.41, 5.74) is 1.22. The molecule has 0 fully saturated rings. The van der Waals surface area contributed by atoms with E-state index in [4.69, 9.17) is 9.47 Å². The summed E-state index contributed by atoms with van der Waals surface area (Å²) in [4.78, 5) is 10.2. The molecule has 7 heteroatoms. The van der Waals surface area contributed by atoms with E-state index in [0.717, 1.165) is 44.9 Å². The Kier molecular flexibility index (Phi) is 10.6. The van der Waals surface area contributed by atoms with E-state index in [-0.39, 0.29) is 0 Å². The molecule has 1 heterocycles. The Balaban J connectivity index is 2.14. The molecule has 0 spiro atoms. The lowest BCUT2D eigenvalue weighted by molar-refractivity contribution is 0.0698. The van der Waals surface area contributed by atoms with Crippen LogP contribution in [0.25, 0.3) is 0 Å². The van der Waals surface area contributed by atoms with Crippen LogP contribution in [0, 0.1) is 6.92 Å². The fourth-order valence-corrected chi connectivity index (χ4v) is 3.08. The third-order valence-corrected chi connectivity index (χ3v) is 4.39. The fourth-order valence-electron chi connectivity index (χ4n) is 2.06. The number of ether oxygens (including phenoxy) is 2. The Morgan fingerprint density at radius 3 is 2.65 bits per heavy atom. The van der Waals surface area contributed by atoms with Gasteiger partial charge in [-0.15, -0.1) is 11.3 Å². The Bertz CT molecular complexity index is 463. The van der Waals surface area contributed by atoms with Crippen molar-refractivity contribution in [3.8, 4) is 0 Å². The highest BCUT2D eigenvalue weighted by Crippen LogP contribution is 2.17. The molecule has 1 aromatic heterocycles. The second-order valence-electron chi connectivity index (χ2n) is 5.10. The lowest BCUT2D eigenvalue weighted by Gasteiger charge is -2.11. The zero-order valence-electron chi connectivity index (χ0n) is 14.8. The van der Waals surface area contributed by atoms with Crippen molar-refractivity contribution in [1.29, 1.82) is 0 Å². The first-order valence-corrected chi connectivity index (χ1v) is 8.99. The molecule has 0 saturated carbocycles. The van der Waals surface area contributed by atoms with Crippen molar-refractivity contribution in [2.75, 3.05) is 47.1 Å². The monoisotopic (exact) mass is 342 g/mol. The highest BCUT2D eigenvalue weighted by atomic mass is 32.1. The van der Waals surface area contributed by atoms with Crippen LogP contribution in [-0.2, 0) is 22.3 Å². The topological polar surface area (TPSA) is 67.8 Å². The minimum atomic E-state index is 0.645. The van der Waals surface area contributed by atoms with Gasteiger partial charge in [-0.25, -0.2) is 4.98 Å². The van der Waals surface area contributed by atoms with Crippen LogP contribution >= 0.6 is 11.3 Å². The molecule has 0 aromatic carbocycles. The van der Waals surface area contributed by atoms with E-state index in [9.17, 15) is 0 Å². The second-order valence-corrected chi connectivity index (χ2v) is 6.39. The molecule has 0 unspecified atom stereocenters. The van der Waals surface area contributed by atoms with Crippen LogP contribution in [0.15, 0.2) is 4.99 Å². The standard InChI is InChI=1S/C16H30N4O2S/c1-5-14-13(2)23-15(20-14)7-9-19-16(17-3)18-8-6-10-22-12-11-21-4/h5-12H2,1-4H3,(H2,17,18,19). The van der Waals surface area contributed by atoms with Crippen molar-refractivity contribution in [3.05, 3.63) is 15.6 Å². The molecule has 6 nitrogen and oxygen atoms in total. The lowest BCUT2D eigenvalue weighted by atomic mass is 10.3. The highest BCUT2D eigenvalue weighted by Gasteiger charge is 2.05. The van der Waals surface area contributed by atoms with Crippen molar-refractivity contribution in [3.63, 3.8) is 0 Å². The molecule has 0 bridgehead atoms. The van der Waals surface area contributed by atoms with Crippen LogP contribution in [0.2, 0.25) is 0 Å². The van der Waals surface area contributed by atoms with E-state index in [1.54, 1.807) is 25.5 Å². The maximum atomic E-state index is 5.42. The van der Waals surface area contributed by atoms with Crippen LogP contribution in [0.5, 0.6) is 0 Å². The van der Waals surface area contributed by atoms with Crippen molar-refractivity contribution >= 4 is 17.3 Å². The number of guanidine groups is 1. The first-order chi connectivity index (χ1) is 11.2. The maximum Gasteiger partial charge on any atom is 0.190 e. The van der Waals surface area contributed by atoms with E-state index in [2.05, 4.69) is 34.5 Å². The Labute approximate surface area is 143 Å². The lowest BCUT2D eigenvalue weighted by Crippen LogP contribution is -2.39. The largest absolute Gasteiger partial charge is 0.382 e. The average molecular weight is 343 g/mol. The van der Waals surface area contributed by atoms with Gasteiger partial charge in [-0.2, -0.15) is 0 Å². The minimum absolute atomic E-state index is 0.645. The number of hydrogen-bond donors (Lipinski definition) is 2. The van der Waals surface area contributed by atoms with Crippen LogP contribution in [0.3, 0.4) is 0 Å². The van der Waals surface area contributed by atoms with Gasteiger partial charge in [0.15, 0.2) is 5.96 Å². The molecule has 0 aliphatic carbocycles.